The summed E-state index contributed by atoms with van der Waals surface area (Å²) < 4.78 is 4.52. The van der Waals surface area contributed by atoms with Crippen LogP contribution in [-0.2, 0) is 9.53 Å². The number of nitrogens with one attached hydrogen (secondary N) is 1. The van der Waals surface area contributed by atoms with Gasteiger partial charge in [-0.25, -0.2) is 4.79 Å². The molecule has 7 nitrogen and oxygen atoms in total. The zero-order chi connectivity index (χ0) is 14.4. The number of hydrogen-bond acceptors (Lipinski definition) is 6. The molecule has 0 saturated heterocycles. The van der Waals surface area contributed by atoms with Gasteiger partial charge in [-0.3, -0.25) is 4.79 Å². The standard InChI is InChI=1S/C11H11BN2O5/c1-19-11(16)7-2-3-8(12(17)18)9(6-7)14-10(15)4-5-13/h2-3,6,17-18H,4H2,1H3,(H,14,15). The van der Waals surface area contributed by atoms with Gasteiger partial charge in [-0.05, 0) is 12.1 Å². The van der Waals surface area contributed by atoms with Crippen molar-refractivity contribution in [2.75, 3.05) is 12.4 Å². The van der Waals surface area contributed by atoms with Crippen LogP contribution >= 0.6 is 0 Å². The number of carbonyl (C=O) groups is 2. The average molecular weight is 262 g/mol. The highest BCUT2D eigenvalue weighted by atomic mass is 16.5. The predicted molar refractivity (Wildman–Crippen MR) is 66.5 cm³/mol. The molecule has 1 aromatic rings. The summed E-state index contributed by atoms with van der Waals surface area (Å²) in [7, 11) is -0.616. The molecule has 0 aliphatic heterocycles. The Hall–Kier alpha value is -2.37. The van der Waals surface area contributed by atoms with Crippen molar-refractivity contribution in [3.05, 3.63) is 23.8 Å². The number of carbonyl (C=O) groups excluding carboxylic acids is 2. The van der Waals surface area contributed by atoms with Crippen LogP contribution in [0.4, 0.5) is 5.69 Å². The maximum Gasteiger partial charge on any atom is 0.490 e. The van der Waals surface area contributed by atoms with E-state index in [0.717, 1.165) is 0 Å². The molecule has 1 aromatic carbocycles. The van der Waals surface area contributed by atoms with Crippen molar-refractivity contribution in [3.63, 3.8) is 0 Å². The quantitative estimate of drug-likeness (QED) is 0.473. The summed E-state index contributed by atoms with van der Waals surface area (Å²) in [4.78, 5) is 22.7. The highest BCUT2D eigenvalue weighted by Gasteiger charge is 2.19. The number of benzene rings is 1. The molecule has 0 bridgehead atoms. The molecule has 0 aliphatic rings. The summed E-state index contributed by atoms with van der Waals surface area (Å²) in [5.41, 5.74) is 0.191. The van der Waals surface area contributed by atoms with Crippen LogP contribution in [0.25, 0.3) is 0 Å². The number of nitrogens with zero attached hydrogens (tertiary/aromatic N) is 1. The van der Waals surface area contributed by atoms with Gasteiger partial charge in [0.1, 0.15) is 6.42 Å². The van der Waals surface area contributed by atoms with E-state index in [1.807, 2.05) is 0 Å². The number of methoxy groups -OCH3 is 1. The van der Waals surface area contributed by atoms with Crippen molar-refractivity contribution in [1.29, 1.82) is 5.26 Å². The molecular formula is C11H11BN2O5. The highest BCUT2D eigenvalue weighted by Crippen LogP contribution is 2.10. The normalized spacial score (nSPS) is 9.37. The molecular weight excluding hydrogens is 251 g/mol. The molecule has 0 spiro atoms. The summed E-state index contributed by atoms with van der Waals surface area (Å²) in [6.45, 7) is 0. The maximum absolute atomic E-state index is 11.3. The smallest absolute Gasteiger partial charge is 0.465 e. The minimum Gasteiger partial charge on any atom is -0.465 e. The first-order valence-corrected chi connectivity index (χ1v) is 5.24. The van der Waals surface area contributed by atoms with Crippen LogP contribution in [0.15, 0.2) is 18.2 Å². The first-order valence-electron chi connectivity index (χ1n) is 5.24. The van der Waals surface area contributed by atoms with Crippen molar-refractivity contribution in [2.45, 2.75) is 6.42 Å². The average Bonchev–Trinajstić information content (AvgIpc) is 2.37. The van der Waals surface area contributed by atoms with Crippen molar-refractivity contribution in [3.8, 4) is 6.07 Å². The van der Waals surface area contributed by atoms with Crippen LogP contribution in [0.5, 0.6) is 0 Å². The lowest BCUT2D eigenvalue weighted by Crippen LogP contribution is -2.33. The van der Waals surface area contributed by atoms with Crippen LogP contribution in [0.1, 0.15) is 16.8 Å². The molecule has 19 heavy (non-hydrogen) atoms. The Kier molecular flexibility index (Phi) is 5.06. The third-order valence-electron chi connectivity index (χ3n) is 2.27. The molecule has 0 aliphatic carbocycles. The number of hydrogen-bond donors (Lipinski definition) is 3. The third kappa shape index (κ3) is 3.81. The fourth-order valence-electron chi connectivity index (χ4n) is 1.40. The Labute approximate surface area is 109 Å². The molecule has 0 aromatic heterocycles. The van der Waals surface area contributed by atoms with E-state index in [0.29, 0.717) is 0 Å². The number of esters is 1. The van der Waals surface area contributed by atoms with Crippen LogP contribution < -0.4 is 10.8 Å². The van der Waals surface area contributed by atoms with E-state index >= 15 is 0 Å². The van der Waals surface area contributed by atoms with Gasteiger partial charge in [-0.2, -0.15) is 5.26 Å². The molecule has 1 rings (SSSR count). The second-order valence-corrected chi connectivity index (χ2v) is 3.55. The zero-order valence-electron chi connectivity index (χ0n) is 10.1. The highest BCUT2D eigenvalue weighted by molar-refractivity contribution is 6.60. The lowest BCUT2D eigenvalue weighted by molar-refractivity contribution is -0.115. The maximum atomic E-state index is 11.3. The van der Waals surface area contributed by atoms with E-state index in [-0.39, 0.29) is 23.1 Å². The molecule has 0 unspecified atom stereocenters. The third-order valence-corrected chi connectivity index (χ3v) is 2.27. The lowest BCUT2D eigenvalue weighted by Gasteiger charge is -2.11. The minimum absolute atomic E-state index is 0.0129. The Morgan fingerprint density at radius 2 is 2.16 bits per heavy atom. The van der Waals surface area contributed by atoms with E-state index < -0.39 is 19.0 Å². The number of ether oxygens (including phenoxy) is 1. The van der Waals surface area contributed by atoms with Crippen molar-refractivity contribution < 1.29 is 24.4 Å². The Morgan fingerprint density at radius 3 is 2.68 bits per heavy atom. The van der Waals surface area contributed by atoms with Gasteiger partial charge in [-0.1, -0.05) is 6.07 Å². The summed E-state index contributed by atoms with van der Waals surface area (Å²) >= 11 is 0. The SMILES string of the molecule is COC(=O)c1ccc(B(O)O)c(NC(=O)CC#N)c1. The first kappa shape index (κ1) is 14.7. The Bertz CT molecular complexity index is 538. The van der Waals surface area contributed by atoms with Gasteiger partial charge < -0.3 is 20.1 Å². The van der Waals surface area contributed by atoms with Gasteiger partial charge in [-0.15, -0.1) is 0 Å². The molecule has 0 heterocycles. The van der Waals surface area contributed by atoms with E-state index in [2.05, 4.69) is 10.1 Å². The number of amides is 1. The van der Waals surface area contributed by atoms with Crippen molar-refractivity contribution in [1.82, 2.24) is 0 Å². The van der Waals surface area contributed by atoms with E-state index in [1.54, 1.807) is 6.07 Å². The van der Waals surface area contributed by atoms with Gasteiger partial charge in [0, 0.05) is 11.2 Å². The second kappa shape index (κ2) is 6.54. The van der Waals surface area contributed by atoms with Gasteiger partial charge in [0.2, 0.25) is 5.91 Å². The molecule has 98 valence electrons. The summed E-state index contributed by atoms with van der Waals surface area (Å²) in [5, 5.41) is 29.0. The van der Waals surface area contributed by atoms with Crippen molar-refractivity contribution in [2.24, 2.45) is 0 Å². The van der Waals surface area contributed by atoms with Gasteiger partial charge >= 0.3 is 13.1 Å². The van der Waals surface area contributed by atoms with Crippen LogP contribution in [0.2, 0.25) is 0 Å². The predicted octanol–water partition coefficient (Wildman–Crippen LogP) is -0.995. The molecule has 0 fully saturated rings. The van der Waals surface area contributed by atoms with E-state index in [9.17, 15) is 9.59 Å². The fourth-order valence-corrected chi connectivity index (χ4v) is 1.40. The van der Waals surface area contributed by atoms with E-state index in [4.69, 9.17) is 15.3 Å². The molecule has 0 saturated carbocycles. The van der Waals surface area contributed by atoms with Crippen LogP contribution in [-0.4, -0.2) is 36.2 Å². The summed E-state index contributed by atoms with van der Waals surface area (Å²) in [6, 6.07) is 5.51. The Morgan fingerprint density at radius 1 is 1.47 bits per heavy atom. The monoisotopic (exact) mass is 262 g/mol. The number of nitriles is 1. The summed E-state index contributed by atoms with van der Waals surface area (Å²) in [6.07, 6.45) is -0.386. The lowest BCUT2D eigenvalue weighted by atomic mass is 9.78. The number of anilines is 1. The van der Waals surface area contributed by atoms with Crippen molar-refractivity contribution >= 4 is 30.1 Å². The Balaban J connectivity index is 3.12. The molecule has 1 amide bonds. The summed E-state index contributed by atoms with van der Waals surface area (Å²) in [5.74, 6) is -1.25. The molecule has 0 radical (unpaired) electrons. The number of rotatable bonds is 4. The fraction of sp³-hybridized carbons (Fsp3) is 0.182. The van der Waals surface area contributed by atoms with Gasteiger partial charge in [0.05, 0.1) is 18.7 Å². The van der Waals surface area contributed by atoms with Crippen LogP contribution in [0.3, 0.4) is 0 Å². The minimum atomic E-state index is -1.82. The van der Waals surface area contributed by atoms with E-state index in [1.165, 1.54) is 25.3 Å². The first-order chi connectivity index (χ1) is 8.99. The topological polar surface area (TPSA) is 120 Å². The molecule has 8 heteroatoms. The molecule has 0 atom stereocenters. The second-order valence-electron chi connectivity index (χ2n) is 3.55. The zero-order valence-corrected chi connectivity index (χ0v) is 10.1. The van der Waals surface area contributed by atoms with Gasteiger partial charge in [0.15, 0.2) is 0 Å². The molecule has 3 N–H and O–H groups in total. The van der Waals surface area contributed by atoms with Crippen LogP contribution in [0, 0.1) is 11.3 Å². The van der Waals surface area contributed by atoms with Gasteiger partial charge in [0.25, 0.3) is 0 Å². The largest absolute Gasteiger partial charge is 0.490 e.